The number of anilines is 1. The maximum absolute atomic E-state index is 11.9. The first-order valence-corrected chi connectivity index (χ1v) is 9.61. The van der Waals surface area contributed by atoms with Crippen LogP contribution in [0, 0.1) is 6.92 Å². The number of thiazole rings is 1. The Balaban J connectivity index is 1.40. The highest BCUT2D eigenvalue weighted by atomic mass is 32.2. The lowest BCUT2D eigenvalue weighted by Gasteiger charge is -2.08. The van der Waals surface area contributed by atoms with E-state index in [2.05, 4.69) is 20.7 Å². The summed E-state index contributed by atoms with van der Waals surface area (Å²) in [7, 11) is 0. The number of nitrogens with zero attached hydrogens (tertiary/aromatic N) is 3. The van der Waals surface area contributed by atoms with Gasteiger partial charge in [0.1, 0.15) is 0 Å². The van der Waals surface area contributed by atoms with E-state index >= 15 is 0 Å². The molecule has 0 spiro atoms. The fourth-order valence-electron chi connectivity index (χ4n) is 2.14. The van der Waals surface area contributed by atoms with Crippen LogP contribution in [0.2, 0.25) is 0 Å². The van der Waals surface area contributed by atoms with Gasteiger partial charge in [0.15, 0.2) is 4.34 Å². The van der Waals surface area contributed by atoms with Gasteiger partial charge in [-0.15, -0.1) is 11.3 Å². The largest absolute Gasteiger partial charge is 0.338 e. The predicted octanol–water partition coefficient (Wildman–Crippen LogP) is 4.01. The average Bonchev–Trinajstić information content (AvgIpc) is 3.25. The minimum Gasteiger partial charge on any atom is -0.338 e. The topological polar surface area (TPSA) is 71.8 Å². The normalized spacial score (nSPS) is 10.6. The molecule has 0 unspecified atom stereocenters. The van der Waals surface area contributed by atoms with Crippen molar-refractivity contribution in [1.29, 1.82) is 0 Å². The van der Waals surface area contributed by atoms with Crippen LogP contribution in [0.1, 0.15) is 12.1 Å². The van der Waals surface area contributed by atoms with Crippen molar-refractivity contribution in [3.05, 3.63) is 53.8 Å². The monoisotopic (exact) mass is 373 g/mol. The van der Waals surface area contributed by atoms with Crippen LogP contribution in [-0.4, -0.2) is 27.3 Å². The number of benzene rings is 1. The highest BCUT2D eigenvalue weighted by Gasteiger charge is 2.04. The second-order valence-electron chi connectivity index (χ2n) is 5.38. The van der Waals surface area contributed by atoms with Crippen molar-refractivity contribution in [2.45, 2.75) is 29.1 Å². The van der Waals surface area contributed by atoms with Gasteiger partial charge >= 0.3 is 6.03 Å². The van der Waals surface area contributed by atoms with Gasteiger partial charge in [-0.05, 0) is 43.7 Å². The third-order valence-corrected chi connectivity index (χ3v) is 5.39. The molecule has 0 saturated heterocycles. The van der Waals surface area contributed by atoms with E-state index in [1.165, 1.54) is 0 Å². The summed E-state index contributed by atoms with van der Waals surface area (Å²) in [6, 6.07) is 9.44. The summed E-state index contributed by atoms with van der Waals surface area (Å²) < 4.78 is 2.87. The Hall–Kier alpha value is -2.32. The van der Waals surface area contributed by atoms with Gasteiger partial charge in [-0.2, -0.15) is 5.10 Å². The smallest absolute Gasteiger partial charge is 0.319 e. The zero-order chi connectivity index (χ0) is 17.5. The molecule has 6 nitrogen and oxygen atoms in total. The van der Waals surface area contributed by atoms with Gasteiger partial charge in [-0.1, -0.05) is 11.8 Å². The Bertz CT molecular complexity index is 799. The molecule has 2 heterocycles. The molecular formula is C17H19N5OS2. The van der Waals surface area contributed by atoms with Crippen LogP contribution < -0.4 is 10.6 Å². The lowest BCUT2D eigenvalue weighted by Crippen LogP contribution is -2.30. The van der Waals surface area contributed by atoms with Crippen molar-refractivity contribution in [3.63, 3.8) is 0 Å². The molecule has 0 fully saturated rings. The molecular weight excluding hydrogens is 354 g/mol. The van der Waals surface area contributed by atoms with E-state index in [0.29, 0.717) is 6.54 Å². The number of urea groups is 1. The number of rotatable bonds is 7. The summed E-state index contributed by atoms with van der Waals surface area (Å²) in [5.41, 5.74) is 1.80. The van der Waals surface area contributed by atoms with Gasteiger partial charge in [0.25, 0.3) is 0 Å². The number of hydrogen-bond acceptors (Lipinski definition) is 5. The van der Waals surface area contributed by atoms with E-state index in [-0.39, 0.29) is 6.03 Å². The number of nitrogens with one attached hydrogen (secondary N) is 2. The van der Waals surface area contributed by atoms with Crippen LogP contribution in [0.25, 0.3) is 0 Å². The Morgan fingerprint density at radius 3 is 2.84 bits per heavy atom. The summed E-state index contributed by atoms with van der Waals surface area (Å²) in [6.07, 6.45) is 4.49. The minimum absolute atomic E-state index is 0.198. The Morgan fingerprint density at radius 2 is 2.16 bits per heavy atom. The molecule has 0 radical (unpaired) electrons. The fraction of sp³-hybridized carbons (Fsp3) is 0.235. The van der Waals surface area contributed by atoms with Crippen LogP contribution in [0.5, 0.6) is 0 Å². The molecule has 2 aromatic heterocycles. The van der Waals surface area contributed by atoms with Crippen molar-refractivity contribution in [2.24, 2.45) is 0 Å². The SMILES string of the molecule is Cc1csc(Sc2ccc(NC(=O)NCCCn3cccn3)cc2)n1. The Labute approximate surface area is 154 Å². The van der Waals surface area contributed by atoms with Gasteiger partial charge in [-0.3, -0.25) is 4.68 Å². The van der Waals surface area contributed by atoms with Gasteiger partial charge < -0.3 is 10.6 Å². The van der Waals surface area contributed by atoms with Crippen LogP contribution >= 0.6 is 23.1 Å². The van der Waals surface area contributed by atoms with Crippen LogP contribution in [-0.2, 0) is 6.54 Å². The molecule has 130 valence electrons. The molecule has 8 heteroatoms. The number of carbonyl (C=O) groups is 1. The first-order valence-electron chi connectivity index (χ1n) is 7.91. The summed E-state index contributed by atoms with van der Waals surface area (Å²) in [5.74, 6) is 0. The Kier molecular flexibility index (Phi) is 6.08. The average molecular weight is 374 g/mol. The van der Waals surface area contributed by atoms with Crippen molar-refractivity contribution >= 4 is 34.8 Å². The molecule has 0 bridgehead atoms. The van der Waals surface area contributed by atoms with E-state index in [1.807, 2.05) is 53.5 Å². The maximum atomic E-state index is 11.9. The zero-order valence-corrected chi connectivity index (χ0v) is 15.4. The molecule has 25 heavy (non-hydrogen) atoms. The van der Waals surface area contributed by atoms with Crippen LogP contribution in [0.15, 0.2) is 57.3 Å². The summed E-state index contributed by atoms with van der Waals surface area (Å²) in [5, 5.41) is 11.8. The molecule has 2 N–H and O–H groups in total. The third kappa shape index (κ3) is 5.61. The molecule has 3 rings (SSSR count). The molecule has 3 aromatic rings. The lowest BCUT2D eigenvalue weighted by molar-refractivity contribution is 0.251. The van der Waals surface area contributed by atoms with Crippen molar-refractivity contribution in [1.82, 2.24) is 20.1 Å². The second kappa shape index (κ2) is 8.68. The summed E-state index contributed by atoms with van der Waals surface area (Å²) in [6.45, 7) is 3.37. The van der Waals surface area contributed by atoms with E-state index in [0.717, 1.165) is 33.6 Å². The number of amides is 2. The third-order valence-electron chi connectivity index (χ3n) is 3.32. The first-order chi connectivity index (χ1) is 12.2. The van der Waals surface area contributed by atoms with Crippen LogP contribution in [0.4, 0.5) is 10.5 Å². The molecule has 0 aliphatic carbocycles. The number of aryl methyl sites for hydroxylation is 2. The molecule has 1 aromatic carbocycles. The predicted molar refractivity (Wildman–Crippen MR) is 101 cm³/mol. The van der Waals surface area contributed by atoms with Gasteiger partial charge in [-0.25, -0.2) is 9.78 Å². The van der Waals surface area contributed by atoms with Gasteiger partial charge in [0.05, 0.1) is 0 Å². The highest BCUT2D eigenvalue weighted by molar-refractivity contribution is 8.01. The standard InChI is InChI=1S/C17H19N5OS2/c1-13-12-24-17(20-13)25-15-6-4-14(5-7-15)21-16(23)18-8-2-10-22-11-3-9-19-22/h3-7,9,11-12H,2,8,10H2,1H3,(H2,18,21,23). The fourth-order valence-corrected chi connectivity index (χ4v) is 3.95. The van der Waals surface area contributed by atoms with Gasteiger partial charge in [0.2, 0.25) is 0 Å². The molecule has 0 saturated carbocycles. The molecule has 0 aliphatic rings. The second-order valence-corrected chi connectivity index (χ2v) is 7.56. The van der Waals surface area contributed by atoms with E-state index in [1.54, 1.807) is 29.3 Å². The Morgan fingerprint density at radius 1 is 1.32 bits per heavy atom. The number of hydrogen-bond donors (Lipinski definition) is 2. The van der Waals surface area contributed by atoms with Crippen molar-refractivity contribution < 1.29 is 4.79 Å². The molecule has 2 amide bonds. The van der Waals surface area contributed by atoms with Crippen molar-refractivity contribution in [2.75, 3.05) is 11.9 Å². The highest BCUT2D eigenvalue weighted by Crippen LogP contribution is 2.30. The van der Waals surface area contributed by atoms with Crippen molar-refractivity contribution in [3.8, 4) is 0 Å². The van der Waals surface area contributed by atoms with E-state index in [9.17, 15) is 4.79 Å². The number of aromatic nitrogens is 3. The quantitative estimate of drug-likeness (QED) is 0.614. The summed E-state index contributed by atoms with van der Waals surface area (Å²) in [4.78, 5) is 17.4. The van der Waals surface area contributed by atoms with E-state index < -0.39 is 0 Å². The van der Waals surface area contributed by atoms with Crippen LogP contribution in [0.3, 0.4) is 0 Å². The molecule has 0 aliphatic heterocycles. The van der Waals surface area contributed by atoms with Gasteiger partial charge in [0, 0.05) is 47.1 Å². The number of carbonyl (C=O) groups excluding carboxylic acids is 1. The lowest BCUT2D eigenvalue weighted by atomic mass is 10.3. The summed E-state index contributed by atoms with van der Waals surface area (Å²) >= 11 is 3.26. The zero-order valence-electron chi connectivity index (χ0n) is 13.8. The minimum atomic E-state index is -0.198. The maximum Gasteiger partial charge on any atom is 0.319 e. The van der Waals surface area contributed by atoms with E-state index in [4.69, 9.17) is 0 Å². The molecule has 0 atom stereocenters. The first kappa shape index (κ1) is 17.5.